The Morgan fingerprint density at radius 1 is 1.42 bits per heavy atom. The van der Waals surface area contributed by atoms with Crippen LogP contribution in [0.25, 0.3) is 0 Å². The van der Waals surface area contributed by atoms with Crippen molar-refractivity contribution in [1.29, 1.82) is 0 Å². The van der Waals surface area contributed by atoms with Gasteiger partial charge in [-0.3, -0.25) is 0 Å². The van der Waals surface area contributed by atoms with E-state index in [0.29, 0.717) is 6.04 Å². The van der Waals surface area contributed by atoms with Crippen LogP contribution in [0.1, 0.15) is 18.0 Å². The zero-order valence-corrected chi connectivity index (χ0v) is 7.40. The summed E-state index contributed by atoms with van der Waals surface area (Å²) in [7, 11) is 0. The molecule has 0 unspecified atom stereocenters. The molecule has 0 aliphatic carbocycles. The molecule has 1 aromatic carbocycles. The van der Waals surface area contributed by atoms with E-state index in [1.807, 2.05) is 6.07 Å². The molecule has 0 radical (unpaired) electrons. The number of hydrogen-bond acceptors (Lipinski definition) is 1. The van der Waals surface area contributed by atoms with E-state index in [0.717, 1.165) is 18.5 Å². The SMILES string of the molecule is Cl.Fc1cccc([C@@H]2CCN2)c1. The summed E-state index contributed by atoms with van der Waals surface area (Å²) < 4.78 is 12.7. The molecule has 0 bridgehead atoms. The zero-order chi connectivity index (χ0) is 7.68. The molecule has 1 N–H and O–H groups in total. The molecule has 0 amide bonds. The van der Waals surface area contributed by atoms with E-state index in [1.54, 1.807) is 12.1 Å². The molecule has 1 saturated heterocycles. The van der Waals surface area contributed by atoms with E-state index in [1.165, 1.54) is 6.07 Å². The predicted octanol–water partition coefficient (Wildman–Crippen LogP) is 2.28. The fourth-order valence-corrected chi connectivity index (χ4v) is 1.30. The minimum absolute atomic E-state index is 0. The maximum atomic E-state index is 12.7. The third-order valence-electron chi connectivity index (χ3n) is 2.07. The zero-order valence-electron chi connectivity index (χ0n) is 6.59. The fourth-order valence-electron chi connectivity index (χ4n) is 1.30. The summed E-state index contributed by atoms with van der Waals surface area (Å²) in [6.45, 7) is 1.06. The summed E-state index contributed by atoms with van der Waals surface area (Å²) in [4.78, 5) is 0. The van der Waals surface area contributed by atoms with Crippen LogP contribution >= 0.6 is 12.4 Å². The van der Waals surface area contributed by atoms with Crippen LogP contribution in [0.2, 0.25) is 0 Å². The van der Waals surface area contributed by atoms with Gasteiger partial charge in [-0.25, -0.2) is 4.39 Å². The molecule has 0 spiro atoms. The Labute approximate surface area is 77.4 Å². The van der Waals surface area contributed by atoms with E-state index in [9.17, 15) is 4.39 Å². The van der Waals surface area contributed by atoms with Gasteiger partial charge >= 0.3 is 0 Å². The molecule has 0 aromatic heterocycles. The average Bonchev–Trinajstić information content (AvgIpc) is 1.83. The summed E-state index contributed by atoms with van der Waals surface area (Å²) in [6, 6.07) is 7.18. The quantitative estimate of drug-likeness (QED) is 0.712. The van der Waals surface area contributed by atoms with Crippen LogP contribution in [0.15, 0.2) is 24.3 Å². The van der Waals surface area contributed by atoms with Gasteiger partial charge in [0, 0.05) is 6.04 Å². The van der Waals surface area contributed by atoms with Crippen LogP contribution in [0.4, 0.5) is 4.39 Å². The van der Waals surface area contributed by atoms with Gasteiger partial charge in [0.1, 0.15) is 5.82 Å². The molecule has 1 aromatic rings. The van der Waals surface area contributed by atoms with Crippen LogP contribution < -0.4 is 5.32 Å². The minimum Gasteiger partial charge on any atom is -0.310 e. The number of benzene rings is 1. The fraction of sp³-hybridized carbons (Fsp3) is 0.333. The van der Waals surface area contributed by atoms with Crippen LogP contribution in [0.5, 0.6) is 0 Å². The van der Waals surface area contributed by atoms with Crippen LogP contribution in [0, 0.1) is 5.82 Å². The van der Waals surface area contributed by atoms with Crippen molar-refractivity contribution in [3.63, 3.8) is 0 Å². The van der Waals surface area contributed by atoms with Crippen molar-refractivity contribution in [1.82, 2.24) is 5.32 Å². The molecule has 0 saturated carbocycles. The molecule has 12 heavy (non-hydrogen) atoms. The van der Waals surface area contributed by atoms with Gasteiger partial charge in [0.15, 0.2) is 0 Å². The largest absolute Gasteiger partial charge is 0.310 e. The summed E-state index contributed by atoms with van der Waals surface area (Å²) in [5.74, 6) is -0.142. The number of hydrogen-bond donors (Lipinski definition) is 1. The van der Waals surface area contributed by atoms with E-state index in [2.05, 4.69) is 5.32 Å². The van der Waals surface area contributed by atoms with Crippen molar-refractivity contribution in [2.45, 2.75) is 12.5 Å². The molecule has 1 aliphatic heterocycles. The lowest BCUT2D eigenvalue weighted by Gasteiger charge is -2.27. The Morgan fingerprint density at radius 2 is 2.17 bits per heavy atom. The van der Waals surface area contributed by atoms with Gasteiger partial charge in [-0.05, 0) is 30.7 Å². The van der Waals surface area contributed by atoms with Gasteiger partial charge in [0.2, 0.25) is 0 Å². The standard InChI is InChI=1S/C9H10FN.ClH/c10-8-3-1-2-7(6-8)9-4-5-11-9;/h1-3,6,9,11H,4-5H2;1H/t9-;/m0./s1. The number of nitrogens with one attached hydrogen (secondary N) is 1. The highest BCUT2D eigenvalue weighted by atomic mass is 35.5. The average molecular weight is 188 g/mol. The molecule has 1 aliphatic rings. The van der Waals surface area contributed by atoms with Crippen LogP contribution in [-0.2, 0) is 0 Å². The lowest BCUT2D eigenvalue weighted by Crippen LogP contribution is -2.34. The third-order valence-corrected chi connectivity index (χ3v) is 2.07. The smallest absolute Gasteiger partial charge is 0.123 e. The minimum atomic E-state index is -0.142. The van der Waals surface area contributed by atoms with E-state index >= 15 is 0 Å². The van der Waals surface area contributed by atoms with Crippen molar-refractivity contribution in [3.05, 3.63) is 35.6 Å². The molecule has 3 heteroatoms. The first-order valence-electron chi connectivity index (χ1n) is 3.85. The highest BCUT2D eigenvalue weighted by Gasteiger charge is 2.17. The van der Waals surface area contributed by atoms with Crippen molar-refractivity contribution >= 4 is 12.4 Å². The molecule has 1 fully saturated rings. The Bertz CT molecular complexity index is 260. The van der Waals surface area contributed by atoms with E-state index < -0.39 is 0 Å². The van der Waals surface area contributed by atoms with Gasteiger partial charge in [-0.15, -0.1) is 12.4 Å². The van der Waals surface area contributed by atoms with Gasteiger partial charge in [-0.1, -0.05) is 12.1 Å². The lowest BCUT2D eigenvalue weighted by atomic mass is 9.98. The summed E-state index contributed by atoms with van der Waals surface area (Å²) in [5, 5.41) is 3.22. The first-order valence-corrected chi connectivity index (χ1v) is 3.85. The Morgan fingerprint density at radius 3 is 2.67 bits per heavy atom. The summed E-state index contributed by atoms with van der Waals surface area (Å²) in [6.07, 6.45) is 1.13. The van der Waals surface area contributed by atoms with Gasteiger partial charge < -0.3 is 5.32 Å². The second-order valence-electron chi connectivity index (χ2n) is 2.85. The predicted molar refractivity (Wildman–Crippen MR) is 49.0 cm³/mol. The molecule has 2 rings (SSSR count). The molecular formula is C9H11ClFN. The topological polar surface area (TPSA) is 12.0 Å². The molecular weight excluding hydrogens is 177 g/mol. The summed E-state index contributed by atoms with van der Waals surface area (Å²) >= 11 is 0. The maximum Gasteiger partial charge on any atom is 0.123 e. The Hall–Kier alpha value is -0.600. The maximum absolute atomic E-state index is 12.7. The van der Waals surface area contributed by atoms with Crippen molar-refractivity contribution < 1.29 is 4.39 Å². The second-order valence-corrected chi connectivity index (χ2v) is 2.85. The highest BCUT2D eigenvalue weighted by Crippen LogP contribution is 2.22. The van der Waals surface area contributed by atoms with Crippen molar-refractivity contribution in [2.75, 3.05) is 6.54 Å². The third kappa shape index (κ3) is 1.76. The van der Waals surface area contributed by atoms with Crippen LogP contribution in [-0.4, -0.2) is 6.54 Å². The normalized spacial score (nSPS) is 20.9. The monoisotopic (exact) mass is 187 g/mol. The van der Waals surface area contributed by atoms with Gasteiger partial charge in [-0.2, -0.15) is 0 Å². The first kappa shape index (κ1) is 9.49. The molecule has 66 valence electrons. The summed E-state index contributed by atoms with van der Waals surface area (Å²) in [5.41, 5.74) is 1.07. The van der Waals surface area contributed by atoms with E-state index in [-0.39, 0.29) is 18.2 Å². The van der Waals surface area contributed by atoms with Gasteiger partial charge in [0.25, 0.3) is 0 Å². The Balaban J connectivity index is 0.000000720. The van der Waals surface area contributed by atoms with Gasteiger partial charge in [0.05, 0.1) is 0 Å². The van der Waals surface area contributed by atoms with Crippen molar-refractivity contribution in [3.8, 4) is 0 Å². The molecule has 1 heterocycles. The highest BCUT2D eigenvalue weighted by molar-refractivity contribution is 5.85. The lowest BCUT2D eigenvalue weighted by molar-refractivity contribution is 0.382. The van der Waals surface area contributed by atoms with Crippen LogP contribution in [0.3, 0.4) is 0 Å². The van der Waals surface area contributed by atoms with E-state index in [4.69, 9.17) is 0 Å². The number of rotatable bonds is 1. The van der Waals surface area contributed by atoms with Crippen molar-refractivity contribution in [2.24, 2.45) is 0 Å². The molecule has 1 nitrogen and oxygen atoms in total. The Kier molecular flexibility index (Phi) is 3.06. The second kappa shape index (κ2) is 3.87. The number of halogens is 2. The molecule has 1 atom stereocenters. The first-order chi connectivity index (χ1) is 5.36.